The lowest BCUT2D eigenvalue weighted by Gasteiger charge is -2.07. The number of aromatic carboxylic acids is 1. The third-order valence-corrected chi connectivity index (χ3v) is 2.60. The first kappa shape index (κ1) is 12.2. The van der Waals surface area contributed by atoms with Gasteiger partial charge in [-0.15, -0.1) is 0 Å². The molecule has 0 spiro atoms. The van der Waals surface area contributed by atoms with Gasteiger partial charge in [-0.3, -0.25) is 0 Å². The molecule has 0 fully saturated rings. The van der Waals surface area contributed by atoms with Crippen LogP contribution in [0.3, 0.4) is 0 Å². The summed E-state index contributed by atoms with van der Waals surface area (Å²) in [6.45, 7) is 2.55. The number of rotatable bonds is 4. The fraction of sp³-hybridized carbons (Fsp3) is 0.133. The van der Waals surface area contributed by atoms with Crippen LogP contribution >= 0.6 is 0 Å². The fourth-order valence-corrected chi connectivity index (χ4v) is 1.73. The van der Waals surface area contributed by atoms with Crippen molar-refractivity contribution in [2.24, 2.45) is 0 Å². The van der Waals surface area contributed by atoms with Gasteiger partial charge in [0.2, 0.25) is 0 Å². The molecule has 0 atom stereocenters. The molecule has 0 heterocycles. The lowest BCUT2D eigenvalue weighted by atomic mass is 10.0. The van der Waals surface area contributed by atoms with Crippen LogP contribution < -0.4 is 9.84 Å². The van der Waals surface area contributed by atoms with Gasteiger partial charge >= 0.3 is 0 Å². The van der Waals surface area contributed by atoms with Crippen molar-refractivity contribution < 1.29 is 14.6 Å². The van der Waals surface area contributed by atoms with Gasteiger partial charge in [0, 0.05) is 0 Å². The zero-order chi connectivity index (χ0) is 13.0. The van der Waals surface area contributed by atoms with E-state index in [9.17, 15) is 9.90 Å². The largest absolute Gasteiger partial charge is 0.545 e. The Labute approximate surface area is 106 Å². The number of carbonyl (C=O) groups excluding carboxylic acids is 1. The highest BCUT2D eigenvalue weighted by molar-refractivity contribution is 5.86. The predicted octanol–water partition coefficient (Wildman–Crippen LogP) is 2.12. The second-order valence-corrected chi connectivity index (χ2v) is 3.83. The number of benzene rings is 2. The van der Waals surface area contributed by atoms with Gasteiger partial charge in [0.1, 0.15) is 5.75 Å². The molecule has 0 unspecified atom stereocenters. The van der Waals surface area contributed by atoms with Crippen molar-refractivity contribution in [3.8, 4) is 16.9 Å². The minimum atomic E-state index is -1.16. The highest BCUT2D eigenvalue weighted by Crippen LogP contribution is 2.24. The monoisotopic (exact) mass is 241 g/mol. The molecular formula is C15H13O3-. The van der Waals surface area contributed by atoms with E-state index < -0.39 is 5.97 Å². The van der Waals surface area contributed by atoms with Gasteiger partial charge in [0.05, 0.1) is 12.6 Å². The second kappa shape index (κ2) is 5.36. The maximum atomic E-state index is 10.7. The quantitative estimate of drug-likeness (QED) is 0.823. The van der Waals surface area contributed by atoms with Crippen LogP contribution in [0, 0.1) is 0 Å². The fourth-order valence-electron chi connectivity index (χ4n) is 1.73. The van der Waals surface area contributed by atoms with Crippen molar-refractivity contribution >= 4 is 5.97 Å². The lowest BCUT2D eigenvalue weighted by Crippen LogP contribution is -2.21. The van der Waals surface area contributed by atoms with Crippen molar-refractivity contribution in [2.75, 3.05) is 6.61 Å². The molecule has 0 aliphatic carbocycles. The normalized spacial score (nSPS) is 10.1. The summed E-state index contributed by atoms with van der Waals surface area (Å²) in [5.41, 5.74) is 2.12. The Morgan fingerprint density at radius 2 is 1.83 bits per heavy atom. The van der Waals surface area contributed by atoms with Crippen molar-refractivity contribution in [2.45, 2.75) is 6.92 Å². The Hall–Kier alpha value is -2.29. The van der Waals surface area contributed by atoms with Crippen LogP contribution in [-0.4, -0.2) is 12.6 Å². The average Bonchev–Trinajstić information content (AvgIpc) is 2.39. The summed E-state index contributed by atoms with van der Waals surface area (Å²) in [6.07, 6.45) is 0. The van der Waals surface area contributed by atoms with E-state index in [1.165, 1.54) is 12.1 Å². The van der Waals surface area contributed by atoms with Crippen LogP contribution in [-0.2, 0) is 0 Å². The third kappa shape index (κ3) is 2.69. The van der Waals surface area contributed by atoms with Crippen LogP contribution in [0.25, 0.3) is 11.1 Å². The first-order valence-electron chi connectivity index (χ1n) is 5.75. The molecule has 18 heavy (non-hydrogen) atoms. The van der Waals surface area contributed by atoms with E-state index in [2.05, 4.69) is 0 Å². The Morgan fingerprint density at radius 3 is 2.44 bits per heavy atom. The maximum absolute atomic E-state index is 10.7. The maximum Gasteiger partial charge on any atom is 0.119 e. The highest BCUT2D eigenvalue weighted by atomic mass is 16.5. The van der Waals surface area contributed by atoms with Gasteiger partial charge in [-0.2, -0.15) is 0 Å². The first-order chi connectivity index (χ1) is 8.70. The summed E-state index contributed by atoms with van der Waals surface area (Å²) < 4.78 is 5.43. The van der Waals surface area contributed by atoms with E-state index in [0.717, 1.165) is 16.9 Å². The van der Waals surface area contributed by atoms with Gasteiger partial charge < -0.3 is 14.6 Å². The third-order valence-electron chi connectivity index (χ3n) is 2.60. The molecule has 0 aromatic heterocycles. The molecular weight excluding hydrogens is 228 g/mol. The number of carboxylic acid groups (broad SMARTS) is 1. The molecule has 0 aliphatic rings. The molecule has 2 aromatic rings. The zero-order valence-electron chi connectivity index (χ0n) is 10.1. The van der Waals surface area contributed by atoms with Crippen molar-refractivity contribution in [3.05, 3.63) is 54.1 Å². The molecule has 0 N–H and O–H groups in total. The van der Waals surface area contributed by atoms with Crippen LogP contribution in [0.5, 0.6) is 5.75 Å². The van der Waals surface area contributed by atoms with Gasteiger partial charge in [-0.25, -0.2) is 0 Å². The van der Waals surface area contributed by atoms with Crippen LogP contribution in [0.4, 0.5) is 0 Å². The minimum absolute atomic E-state index is 0.180. The molecule has 0 bridgehead atoms. The smallest absolute Gasteiger partial charge is 0.119 e. The summed E-state index contributed by atoms with van der Waals surface area (Å²) >= 11 is 0. The summed E-state index contributed by atoms with van der Waals surface area (Å²) in [4.78, 5) is 10.7. The van der Waals surface area contributed by atoms with E-state index >= 15 is 0 Å². The number of carbonyl (C=O) groups is 1. The minimum Gasteiger partial charge on any atom is -0.545 e. The molecule has 3 nitrogen and oxygen atoms in total. The molecule has 3 heteroatoms. The number of ether oxygens (including phenoxy) is 1. The standard InChI is InChI=1S/C15H14O3/c1-2-18-14-5-3-4-13(10-14)11-6-8-12(9-7-11)15(16)17/h3-10H,2H2,1H3,(H,16,17)/p-1. The topological polar surface area (TPSA) is 49.4 Å². The van der Waals surface area contributed by atoms with E-state index in [0.29, 0.717) is 6.61 Å². The summed E-state index contributed by atoms with van der Waals surface area (Å²) in [5, 5.41) is 10.7. The van der Waals surface area contributed by atoms with Crippen LogP contribution in [0.2, 0.25) is 0 Å². The zero-order valence-corrected chi connectivity index (χ0v) is 10.1. The SMILES string of the molecule is CCOc1cccc(-c2ccc(C(=O)[O-])cc2)c1. The Bertz CT molecular complexity index is 544. The second-order valence-electron chi connectivity index (χ2n) is 3.83. The van der Waals surface area contributed by atoms with Crippen LogP contribution in [0.15, 0.2) is 48.5 Å². The highest BCUT2D eigenvalue weighted by Gasteiger charge is 2.00. The molecule has 0 aliphatic heterocycles. The Balaban J connectivity index is 2.30. The molecule has 92 valence electrons. The molecule has 0 amide bonds. The Morgan fingerprint density at radius 1 is 1.11 bits per heavy atom. The van der Waals surface area contributed by atoms with E-state index in [1.54, 1.807) is 12.1 Å². The molecule has 0 saturated carbocycles. The van der Waals surface area contributed by atoms with Gasteiger partial charge in [0.15, 0.2) is 0 Å². The molecule has 0 saturated heterocycles. The lowest BCUT2D eigenvalue weighted by molar-refractivity contribution is -0.255. The Kier molecular flexibility index (Phi) is 3.63. The molecule has 0 radical (unpaired) electrons. The van der Waals surface area contributed by atoms with Crippen molar-refractivity contribution in [1.29, 1.82) is 0 Å². The summed E-state index contributed by atoms with van der Waals surface area (Å²) in [6, 6.07) is 14.3. The van der Waals surface area contributed by atoms with Gasteiger partial charge in [-0.1, -0.05) is 36.4 Å². The molecule has 2 rings (SSSR count). The van der Waals surface area contributed by atoms with Crippen LogP contribution in [0.1, 0.15) is 17.3 Å². The predicted molar refractivity (Wildman–Crippen MR) is 67.4 cm³/mol. The van der Waals surface area contributed by atoms with E-state index in [1.807, 2.05) is 31.2 Å². The number of hydrogen-bond donors (Lipinski definition) is 0. The average molecular weight is 241 g/mol. The van der Waals surface area contributed by atoms with E-state index in [4.69, 9.17) is 4.74 Å². The number of hydrogen-bond acceptors (Lipinski definition) is 3. The summed E-state index contributed by atoms with van der Waals surface area (Å²) in [5.74, 6) is -0.358. The number of carboxylic acids is 1. The summed E-state index contributed by atoms with van der Waals surface area (Å²) in [7, 11) is 0. The van der Waals surface area contributed by atoms with Crippen molar-refractivity contribution in [3.63, 3.8) is 0 Å². The van der Waals surface area contributed by atoms with E-state index in [-0.39, 0.29) is 5.56 Å². The first-order valence-corrected chi connectivity index (χ1v) is 5.75. The molecule has 2 aromatic carbocycles. The van der Waals surface area contributed by atoms with Crippen molar-refractivity contribution in [1.82, 2.24) is 0 Å². The van der Waals surface area contributed by atoms with Gasteiger partial charge in [0.25, 0.3) is 0 Å². The van der Waals surface area contributed by atoms with Gasteiger partial charge in [-0.05, 0) is 35.7 Å².